The van der Waals surface area contributed by atoms with E-state index in [0.29, 0.717) is 67.1 Å². The van der Waals surface area contributed by atoms with Gasteiger partial charge in [0.15, 0.2) is 23.0 Å². The molecular formula is C74H112N2O6. The first-order chi connectivity index (χ1) is 40.5. The van der Waals surface area contributed by atoms with E-state index in [2.05, 4.69) is 88.1 Å². The molecule has 0 bridgehead atoms. The predicted molar refractivity (Wildman–Crippen MR) is 349 cm³/mol. The number of rotatable bonds is 50. The Morgan fingerprint density at radius 1 is 0.354 bits per heavy atom. The number of nitriles is 1. The van der Waals surface area contributed by atoms with Crippen LogP contribution >= 0.6 is 0 Å². The Morgan fingerprint density at radius 3 is 1.09 bits per heavy atom. The molecule has 8 heteroatoms. The average Bonchev–Trinajstić information content (AvgIpc) is 2.34. The van der Waals surface area contributed by atoms with Gasteiger partial charge in [0, 0.05) is 22.0 Å². The van der Waals surface area contributed by atoms with Gasteiger partial charge in [0.2, 0.25) is 5.75 Å². The van der Waals surface area contributed by atoms with Crippen molar-refractivity contribution < 1.29 is 23.7 Å². The van der Waals surface area contributed by atoms with Gasteiger partial charge in [-0.15, -0.1) is 0 Å². The van der Waals surface area contributed by atoms with Crippen LogP contribution in [0.3, 0.4) is 0 Å². The maximum atomic E-state index is 14.3. The van der Waals surface area contributed by atoms with Gasteiger partial charge in [0.1, 0.15) is 11.6 Å². The van der Waals surface area contributed by atoms with Crippen LogP contribution in [0, 0.1) is 11.3 Å². The summed E-state index contributed by atoms with van der Waals surface area (Å²) in [5.74, 6) is 3.40. The predicted octanol–water partition coefficient (Wildman–Crippen LogP) is 22.7. The Morgan fingerprint density at radius 2 is 0.695 bits per heavy atom. The summed E-state index contributed by atoms with van der Waals surface area (Å²) in [6, 6.07) is 23.0. The largest absolute Gasteiger partial charge is 0.490 e. The molecule has 0 spiro atoms. The molecule has 4 aromatic carbocycles. The Hall–Kier alpha value is -5.16. The van der Waals surface area contributed by atoms with Crippen LogP contribution in [0.5, 0.6) is 28.7 Å². The van der Waals surface area contributed by atoms with Gasteiger partial charge in [-0.2, -0.15) is 5.26 Å². The molecule has 8 nitrogen and oxygen atoms in total. The van der Waals surface area contributed by atoms with Crippen molar-refractivity contribution in [3.63, 3.8) is 0 Å². The van der Waals surface area contributed by atoms with Crippen molar-refractivity contribution >= 4 is 21.5 Å². The maximum absolute atomic E-state index is 14.3. The average molecular weight is 1130 g/mol. The first-order valence-corrected chi connectivity index (χ1v) is 34.0. The number of aromatic nitrogens is 1. The summed E-state index contributed by atoms with van der Waals surface area (Å²) in [6.07, 6.45) is 46.1. The maximum Gasteiger partial charge on any atom is 0.266 e. The van der Waals surface area contributed by atoms with Crippen LogP contribution in [0.2, 0.25) is 0 Å². The van der Waals surface area contributed by atoms with E-state index in [0.717, 1.165) is 103 Å². The fourth-order valence-corrected chi connectivity index (χ4v) is 11.4. The van der Waals surface area contributed by atoms with Gasteiger partial charge in [-0.3, -0.25) is 4.79 Å². The number of aromatic amines is 1. The van der Waals surface area contributed by atoms with Gasteiger partial charge < -0.3 is 28.7 Å². The summed E-state index contributed by atoms with van der Waals surface area (Å²) in [5.41, 5.74) is 2.27. The fourth-order valence-electron chi connectivity index (χ4n) is 11.4. The molecule has 0 radical (unpaired) electrons. The molecule has 454 valence electrons. The van der Waals surface area contributed by atoms with Crippen LogP contribution in [0.15, 0.2) is 65.5 Å². The second kappa shape index (κ2) is 42.6. The summed E-state index contributed by atoms with van der Waals surface area (Å²) in [7, 11) is 0. The number of pyridine rings is 1. The van der Waals surface area contributed by atoms with Gasteiger partial charge in [-0.05, 0) is 84.3 Å². The topological polar surface area (TPSA) is 103 Å². The van der Waals surface area contributed by atoms with Crippen LogP contribution < -0.4 is 29.2 Å². The molecule has 0 unspecified atom stereocenters. The third-order valence-electron chi connectivity index (χ3n) is 16.5. The van der Waals surface area contributed by atoms with Crippen molar-refractivity contribution in [3.05, 3.63) is 76.6 Å². The van der Waals surface area contributed by atoms with E-state index in [-0.39, 0.29) is 5.56 Å². The number of nitrogens with zero attached hydrogens (tertiary/aromatic N) is 1. The number of nitrogens with one attached hydrogen (secondary N) is 1. The van der Waals surface area contributed by atoms with Gasteiger partial charge in [0.25, 0.3) is 5.56 Å². The van der Waals surface area contributed by atoms with Crippen molar-refractivity contribution in [1.29, 1.82) is 5.26 Å². The molecule has 0 amide bonds. The van der Waals surface area contributed by atoms with E-state index >= 15 is 0 Å². The fraction of sp³-hybridized carbons (Fsp3) is 0.649. The molecule has 5 rings (SSSR count). The van der Waals surface area contributed by atoms with Crippen molar-refractivity contribution in [2.45, 2.75) is 279 Å². The van der Waals surface area contributed by atoms with Crippen LogP contribution in [-0.4, -0.2) is 38.0 Å². The third-order valence-corrected chi connectivity index (χ3v) is 16.5. The summed E-state index contributed by atoms with van der Waals surface area (Å²) in [6.45, 7) is 14.2. The number of hydrogen-bond acceptors (Lipinski definition) is 7. The molecule has 1 N–H and O–H groups in total. The lowest BCUT2D eigenvalue weighted by molar-refractivity contribution is 0.234. The minimum absolute atomic E-state index is 0.0475. The van der Waals surface area contributed by atoms with Crippen LogP contribution in [-0.2, 0) is 0 Å². The number of fused-ring (bicyclic) bond motifs is 3. The standard InChI is InChI=1S/C74H112N2O6/c1-6-11-16-21-26-28-30-32-37-43-52-80-71-63-47-40-39-46-62(63)66-55-60(48-49-64(66)72(71)81-53-44-38-33-31-29-27-22-17-12-7-2)68-58-65(67(59-75)74(77)76-68)61-56-69(78-50-41-34-23-18-13-8-3)73(82-54-45-36-25-20-15-10-5)70(57-61)79-51-42-35-24-19-14-9-4/h39-40,46-49,55-58H,6-38,41-45,50-54H2,1-5H3,(H,76,77). The van der Waals surface area contributed by atoms with Crippen LogP contribution in [0.1, 0.15) is 284 Å². The highest BCUT2D eigenvalue weighted by atomic mass is 16.5. The summed E-state index contributed by atoms with van der Waals surface area (Å²) in [4.78, 5) is 17.4. The second-order valence-electron chi connectivity index (χ2n) is 23.6. The zero-order valence-electron chi connectivity index (χ0n) is 52.6. The molecule has 82 heavy (non-hydrogen) atoms. The van der Waals surface area contributed by atoms with Crippen molar-refractivity contribution in [2.75, 3.05) is 33.0 Å². The van der Waals surface area contributed by atoms with Gasteiger partial charge in [-0.1, -0.05) is 277 Å². The van der Waals surface area contributed by atoms with Crippen molar-refractivity contribution in [1.82, 2.24) is 4.98 Å². The first-order valence-electron chi connectivity index (χ1n) is 34.0. The second-order valence-corrected chi connectivity index (χ2v) is 23.6. The molecule has 0 aliphatic carbocycles. The molecule has 0 aliphatic heterocycles. The molecule has 0 saturated carbocycles. The third kappa shape index (κ3) is 24.2. The Bertz CT molecular complexity index is 2560. The zero-order valence-corrected chi connectivity index (χ0v) is 52.6. The summed E-state index contributed by atoms with van der Waals surface area (Å²) < 4.78 is 33.8. The normalized spacial score (nSPS) is 11.4. The van der Waals surface area contributed by atoms with E-state index in [1.165, 1.54) is 180 Å². The van der Waals surface area contributed by atoms with Crippen LogP contribution in [0.4, 0.5) is 0 Å². The molecule has 0 atom stereocenters. The Kier molecular flexibility index (Phi) is 35.1. The molecule has 0 fully saturated rings. The molecule has 5 aromatic rings. The van der Waals surface area contributed by atoms with Gasteiger partial charge in [0.05, 0.1) is 33.0 Å². The first kappa shape index (κ1) is 67.6. The SMILES string of the molecule is CCCCCCCCCCCCOc1c(OCCCCCCCCCCCC)c2ccc(-c3cc(-c4cc(OCCCCCCCC)c(OCCCCCCCC)c(OCCCCCCCC)c4)c(C#N)c(=O)[nH]3)cc2c2ccccc12. The molecule has 1 heterocycles. The smallest absolute Gasteiger partial charge is 0.266 e. The minimum atomic E-state index is -0.441. The number of H-pyrrole nitrogens is 1. The Balaban J connectivity index is 1.50. The van der Waals surface area contributed by atoms with Gasteiger partial charge in [-0.25, -0.2) is 0 Å². The van der Waals surface area contributed by atoms with E-state index < -0.39 is 5.56 Å². The lowest BCUT2D eigenvalue weighted by atomic mass is 9.95. The summed E-state index contributed by atoms with van der Waals surface area (Å²) >= 11 is 0. The van der Waals surface area contributed by atoms with E-state index in [4.69, 9.17) is 23.7 Å². The monoisotopic (exact) mass is 1120 g/mol. The quantitative estimate of drug-likeness (QED) is 0.0306. The summed E-state index contributed by atoms with van der Waals surface area (Å²) in [5, 5.41) is 14.8. The molecule has 0 saturated heterocycles. The number of hydrogen-bond donors (Lipinski definition) is 1. The van der Waals surface area contributed by atoms with Crippen molar-refractivity contribution in [2.24, 2.45) is 0 Å². The zero-order chi connectivity index (χ0) is 58.1. The van der Waals surface area contributed by atoms with Gasteiger partial charge >= 0.3 is 0 Å². The number of benzene rings is 4. The highest BCUT2D eigenvalue weighted by Crippen LogP contribution is 2.46. The lowest BCUT2D eigenvalue weighted by Crippen LogP contribution is -2.13. The van der Waals surface area contributed by atoms with E-state index in [1.807, 2.05) is 18.2 Å². The molecular weight excluding hydrogens is 1010 g/mol. The number of unbranched alkanes of at least 4 members (excludes halogenated alkanes) is 33. The van der Waals surface area contributed by atoms with E-state index in [9.17, 15) is 10.1 Å². The highest BCUT2D eigenvalue weighted by molar-refractivity contribution is 6.14. The van der Waals surface area contributed by atoms with E-state index in [1.54, 1.807) is 0 Å². The van der Waals surface area contributed by atoms with Crippen LogP contribution in [0.25, 0.3) is 43.9 Å². The molecule has 0 aliphatic rings. The van der Waals surface area contributed by atoms with Crippen molar-refractivity contribution in [3.8, 4) is 57.2 Å². The molecule has 1 aromatic heterocycles. The minimum Gasteiger partial charge on any atom is -0.490 e. The highest BCUT2D eigenvalue weighted by Gasteiger charge is 2.23. The number of ether oxygens (including phenoxy) is 5. The lowest BCUT2D eigenvalue weighted by Gasteiger charge is -2.20. The Labute approximate surface area is 498 Å².